The van der Waals surface area contributed by atoms with Gasteiger partial charge in [0.2, 0.25) is 0 Å². The second-order valence-corrected chi connectivity index (χ2v) is 8.48. The van der Waals surface area contributed by atoms with Gasteiger partial charge in [0.05, 0.1) is 0 Å². The van der Waals surface area contributed by atoms with Crippen molar-refractivity contribution in [3.05, 3.63) is 88.1 Å². The fourth-order valence-electron chi connectivity index (χ4n) is 3.08. The molecule has 8 heteroatoms. The maximum absolute atomic E-state index is 14.2. The van der Waals surface area contributed by atoms with Crippen molar-refractivity contribution in [2.45, 2.75) is 17.5 Å². The Hall–Kier alpha value is -2.71. The number of carbonyl (C=O) groups is 1. The van der Waals surface area contributed by atoms with E-state index in [0.29, 0.717) is 22.1 Å². The molecule has 2 aromatic heterocycles. The Morgan fingerprint density at radius 2 is 1.93 bits per heavy atom. The number of thioether (sulfide) groups is 1. The van der Waals surface area contributed by atoms with Gasteiger partial charge in [-0.25, -0.2) is 14.4 Å². The average molecular weight is 486 g/mol. The summed E-state index contributed by atoms with van der Waals surface area (Å²) in [6.45, 7) is 0.121. The number of aromatic nitrogens is 2. The molecule has 5 nitrogen and oxygen atoms in total. The third kappa shape index (κ3) is 4.39. The van der Waals surface area contributed by atoms with Crippen LogP contribution in [0.1, 0.15) is 21.7 Å². The number of nitrogens with zero attached hydrogens (tertiary/aromatic N) is 3. The molecule has 0 aliphatic carbocycles. The molecule has 0 unspecified atom stereocenters. The van der Waals surface area contributed by atoms with Gasteiger partial charge in [0.15, 0.2) is 10.9 Å². The van der Waals surface area contributed by atoms with Gasteiger partial charge < -0.3 is 9.32 Å². The Balaban J connectivity index is 1.63. The number of para-hydroxylation sites is 1. The molecule has 4 rings (SSSR count). The van der Waals surface area contributed by atoms with E-state index in [1.54, 1.807) is 37.6 Å². The average Bonchev–Trinajstić information content (AvgIpc) is 3.13. The second kappa shape index (κ2) is 8.97. The van der Waals surface area contributed by atoms with Crippen LogP contribution in [0, 0.1) is 5.82 Å². The van der Waals surface area contributed by atoms with Crippen LogP contribution in [0.25, 0.3) is 11.0 Å². The minimum Gasteiger partial charge on any atom is -0.451 e. The number of amides is 1. The molecule has 0 N–H and O–H groups in total. The standard InChI is InChI=1S/C22H17BrFN3O2S/c1-27(12-14-11-15(23)7-8-18(14)24)21(28)20-17(13-30-22-25-9-4-10-26-22)16-5-2-3-6-19(16)29-20/h2-11H,12-13H2,1H3. The third-order valence-corrected chi connectivity index (χ3v) is 5.94. The zero-order chi connectivity index (χ0) is 21.1. The summed E-state index contributed by atoms with van der Waals surface area (Å²) in [4.78, 5) is 23.1. The first-order valence-electron chi connectivity index (χ1n) is 9.12. The number of hydrogen-bond acceptors (Lipinski definition) is 5. The normalized spacial score (nSPS) is 11.0. The van der Waals surface area contributed by atoms with Gasteiger partial charge in [-0.2, -0.15) is 0 Å². The highest BCUT2D eigenvalue weighted by molar-refractivity contribution is 9.10. The first kappa shape index (κ1) is 20.6. The summed E-state index contributed by atoms with van der Waals surface area (Å²) in [5, 5.41) is 1.48. The highest BCUT2D eigenvalue weighted by atomic mass is 79.9. The lowest BCUT2D eigenvalue weighted by molar-refractivity contribution is 0.0753. The van der Waals surface area contributed by atoms with E-state index in [-0.39, 0.29) is 24.0 Å². The van der Waals surface area contributed by atoms with E-state index in [2.05, 4.69) is 25.9 Å². The Kier molecular flexibility index (Phi) is 6.15. The second-order valence-electron chi connectivity index (χ2n) is 6.62. The molecular formula is C22H17BrFN3O2S. The maximum Gasteiger partial charge on any atom is 0.289 e. The molecular weight excluding hydrogens is 469 g/mol. The summed E-state index contributed by atoms with van der Waals surface area (Å²) in [5.41, 5.74) is 1.83. The first-order chi connectivity index (χ1) is 14.5. The number of halogens is 2. The molecule has 30 heavy (non-hydrogen) atoms. The van der Waals surface area contributed by atoms with Gasteiger partial charge in [-0.3, -0.25) is 4.79 Å². The van der Waals surface area contributed by atoms with Crippen molar-refractivity contribution in [3.63, 3.8) is 0 Å². The van der Waals surface area contributed by atoms with Gasteiger partial charge in [-0.05, 0) is 30.3 Å². The molecule has 152 valence electrons. The summed E-state index contributed by atoms with van der Waals surface area (Å²) in [5.74, 6) is 0.0495. The van der Waals surface area contributed by atoms with Gasteiger partial charge in [-0.15, -0.1) is 0 Å². The maximum atomic E-state index is 14.2. The van der Waals surface area contributed by atoms with Crippen LogP contribution in [0.3, 0.4) is 0 Å². The smallest absolute Gasteiger partial charge is 0.289 e. The van der Waals surface area contributed by atoms with Crippen molar-refractivity contribution < 1.29 is 13.6 Å². The molecule has 0 aliphatic heterocycles. The van der Waals surface area contributed by atoms with E-state index >= 15 is 0 Å². The van der Waals surface area contributed by atoms with E-state index in [1.807, 2.05) is 24.3 Å². The zero-order valence-corrected chi connectivity index (χ0v) is 18.4. The highest BCUT2D eigenvalue weighted by Gasteiger charge is 2.24. The number of furan rings is 1. The van der Waals surface area contributed by atoms with Gasteiger partial charge in [-0.1, -0.05) is 45.9 Å². The molecule has 2 aromatic carbocycles. The molecule has 0 fully saturated rings. The number of benzene rings is 2. The molecule has 1 amide bonds. The molecule has 0 atom stereocenters. The van der Waals surface area contributed by atoms with E-state index in [0.717, 1.165) is 15.4 Å². The third-order valence-electron chi connectivity index (χ3n) is 4.54. The highest BCUT2D eigenvalue weighted by Crippen LogP contribution is 2.32. The number of fused-ring (bicyclic) bond motifs is 1. The van der Waals surface area contributed by atoms with Crippen LogP contribution >= 0.6 is 27.7 Å². The van der Waals surface area contributed by atoms with Crippen molar-refractivity contribution >= 4 is 44.6 Å². The summed E-state index contributed by atoms with van der Waals surface area (Å²) in [6.07, 6.45) is 3.35. The van der Waals surface area contributed by atoms with Gasteiger partial charge in [0.25, 0.3) is 5.91 Å². The molecule has 0 saturated carbocycles. The molecule has 0 saturated heterocycles. The topological polar surface area (TPSA) is 59.2 Å². The van der Waals surface area contributed by atoms with Crippen LogP contribution in [0.5, 0.6) is 0 Å². The molecule has 0 bridgehead atoms. The predicted octanol–water partition coefficient (Wildman–Crippen LogP) is 5.69. The molecule has 2 heterocycles. The Labute approximate surface area is 185 Å². The van der Waals surface area contributed by atoms with E-state index < -0.39 is 0 Å². The Bertz CT molecular complexity index is 1200. The van der Waals surface area contributed by atoms with E-state index in [4.69, 9.17) is 4.42 Å². The first-order valence-corrected chi connectivity index (χ1v) is 10.9. The minimum atomic E-state index is -0.362. The van der Waals surface area contributed by atoms with E-state index in [1.165, 1.54) is 22.7 Å². The van der Waals surface area contributed by atoms with Crippen molar-refractivity contribution in [2.75, 3.05) is 7.05 Å². The minimum absolute atomic E-state index is 0.121. The van der Waals surface area contributed by atoms with Gasteiger partial charge >= 0.3 is 0 Å². The van der Waals surface area contributed by atoms with Crippen molar-refractivity contribution in [1.29, 1.82) is 0 Å². The molecule has 4 aromatic rings. The number of hydrogen-bond donors (Lipinski definition) is 0. The SMILES string of the molecule is CN(Cc1cc(Br)ccc1F)C(=O)c1oc2ccccc2c1CSc1ncccn1. The van der Waals surface area contributed by atoms with Gasteiger partial charge in [0.1, 0.15) is 11.4 Å². The van der Waals surface area contributed by atoms with E-state index in [9.17, 15) is 9.18 Å². The molecule has 0 radical (unpaired) electrons. The predicted molar refractivity (Wildman–Crippen MR) is 118 cm³/mol. The number of rotatable bonds is 6. The molecule has 0 aliphatic rings. The molecule has 0 spiro atoms. The van der Waals surface area contributed by atoms with Crippen molar-refractivity contribution in [1.82, 2.24) is 14.9 Å². The monoisotopic (exact) mass is 485 g/mol. The lowest BCUT2D eigenvalue weighted by atomic mass is 10.1. The van der Waals surface area contributed by atoms with Crippen LogP contribution in [0.2, 0.25) is 0 Å². The largest absolute Gasteiger partial charge is 0.451 e. The van der Waals surface area contributed by atoms with Crippen LogP contribution < -0.4 is 0 Å². The summed E-state index contributed by atoms with van der Waals surface area (Å²) in [6, 6.07) is 13.9. The summed E-state index contributed by atoms with van der Waals surface area (Å²) in [7, 11) is 1.63. The summed E-state index contributed by atoms with van der Waals surface area (Å²) < 4.78 is 20.8. The lowest BCUT2D eigenvalue weighted by Crippen LogP contribution is -2.27. The van der Waals surface area contributed by atoms with Crippen LogP contribution in [0.4, 0.5) is 4.39 Å². The van der Waals surface area contributed by atoms with Gasteiger partial charge in [0, 0.05) is 52.7 Å². The van der Waals surface area contributed by atoms with Crippen molar-refractivity contribution in [2.24, 2.45) is 0 Å². The fourth-order valence-corrected chi connectivity index (χ4v) is 4.32. The Morgan fingerprint density at radius 1 is 1.17 bits per heavy atom. The zero-order valence-electron chi connectivity index (χ0n) is 16.0. The summed E-state index contributed by atoms with van der Waals surface area (Å²) >= 11 is 4.77. The quantitative estimate of drug-likeness (QED) is 0.259. The lowest BCUT2D eigenvalue weighted by Gasteiger charge is -2.17. The fraction of sp³-hybridized carbons (Fsp3) is 0.136. The van der Waals surface area contributed by atoms with Crippen LogP contribution in [-0.4, -0.2) is 27.8 Å². The van der Waals surface area contributed by atoms with Crippen molar-refractivity contribution in [3.8, 4) is 0 Å². The Morgan fingerprint density at radius 3 is 2.73 bits per heavy atom. The van der Waals surface area contributed by atoms with Crippen LogP contribution in [0.15, 0.2) is 75.0 Å². The number of carbonyl (C=O) groups excluding carboxylic acids is 1. The van der Waals surface area contributed by atoms with Crippen LogP contribution in [-0.2, 0) is 12.3 Å².